The van der Waals surface area contributed by atoms with Crippen molar-refractivity contribution in [3.8, 4) is 5.75 Å². The van der Waals surface area contributed by atoms with Crippen LogP contribution in [0.4, 0.5) is 4.39 Å². The quantitative estimate of drug-likeness (QED) is 0.934. The van der Waals surface area contributed by atoms with E-state index in [2.05, 4.69) is 5.10 Å². The fourth-order valence-corrected chi connectivity index (χ4v) is 2.36. The molecule has 0 amide bonds. The first-order chi connectivity index (χ1) is 9.45. The summed E-state index contributed by atoms with van der Waals surface area (Å²) in [6.45, 7) is 5.90. The Labute approximate surface area is 118 Å². The molecular formula is C15H20FN3O. The molecule has 0 spiro atoms. The molecule has 1 heterocycles. The van der Waals surface area contributed by atoms with Crippen LogP contribution >= 0.6 is 0 Å². The van der Waals surface area contributed by atoms with Gasteiger partial charge in [0.05, 0.1) is 19.3 Å². The van der Waals surface area contributed by atoms with Crippen molar-refractivity contribution in [1.29, 1.82) is 0 Å². The Morgan fingerprint density at radius 3 is 2.60 bits per heavy atom. The van der Waals surface area contributed by atoms with Gasteiger partial charge in [0.25, 0.3) is 0 Å². The molecular weight excluding hydrogens is 257 g/mol. The molecule has 0 aliphatic rings. The van der Waals surface area contributed by atoms with Gasteiger partial charge in [-0.25, -0.2) is 4.39 Å². The van der Waals surface area contributed by atoms with Crippen molar-refractivity contribution >= 4 is 0 Å². The maximum atomic E-state index is 13.2. The van der Waals surface area contributed by atoms with Crippen LogP contribution in [0, 0.1) is 12.7 Å². The SMILES string of the molecule is COc1cnn(C(C)C)c1C(N)c1ccc(F)cc1C. The van der Waals surface area contributed by atoms with E-state index in [1.54, 1.807) is 19.4 Å². The van der Waals surface area contributed by atoms with Crippen molar-refractivity contribution in [1.82, 2.24) is 9.78 Å². The molecule has 1 aromatic heterocycles. The fourth-order valence-electron chi connectivity index (χ4n) is 2.36. The zero-order valence-corrected chi connectivity index (χ0v) is 12.2. The number of aromatic nitrogens is 2. The lowest BCUT2D eigenvalue weighted by molar-refractivity contribution is 0.400. The Hall–Kier alpha value is -1.88. The largest absolute Gasteiger partial charge is 0.493 e. The summed E-state index contributed by atoms with van der Waals surface area (Å²) in [7, 11) is 1.59. The summed E-state index contributed by atoms with van der Waals surface area (Å²) in [6, 6.07) is 4.38. The predicted octanol–water partition coefficient (Wildman–Crippen LogP) is 2.97. The van der Waals surface area contributed by atoms with Crippen LogP contribution in [-0.4, -0.2) is 16.9 Å². The highest BCUT2D eigenvalue weighted by Crippen LogP contribution is 2.31. The number of rotatable bonds is 4. The Morgan fingerprint density at radius 2 is 2.05 bits per heavy atom. The second-order valence-electron chi connectivity index (χ2n) is 5.12. The number of nitrogens with zero attached hydrogens (tertiary/aromatic N) is 2. The second kappa shape index (κ2) is 5.63. The molecule has 0 bridgehead atoms. The number of hydrogen-bond acceptors (Lipinski definition) is 3. The summed E-state index contributed by atoms with van der Waals surface area (Å²) in [4.78, 5) is 0. The first-order valence-corrected chi connectivity index (χ1v) is 6.58. The van der Waals surface area contributed by atoms with Crippen LogP contribution in [0.1, 0.15) is 42.8 Å². The van der Waals surface area contributed by atoms with Crippen molar-refractivity contribution in [2.45, 2.75) is 32.9 Å². The van der Waals surface area contributed by atoms with Crippen molar-refractivity contribution in [3.63, 3.8) is 0 Å². The van der Waals surface area contributed by atoms with Gasteiger partial charge in [0.2, 0.25) is 0 Å². The van der Waals surface area contributed by atoms with Crippen molar-refractivity contribution in [2.75, 3.05) is 7.11 Å². The zero-order valence-electron chi connectivity index (χ0n) is 12.2. The summed E-state index contributed by atoms with van der Waals surface area (Å²) in [5, 5.41) is 4.32. The molecule has 108 valence electrons. The molecule has 0 saturated carbocycles. The van der Waals surface area contributed by atoms with Crippen molar-refractivity contribution in [3.05, 3.63) is 47.0 Å². The minimum Gasteiger partial charge on any atom is -0.493 e. The van der Waals surface area contributed by atoms with Gasteiger partial charge in [-0.05, 0) is 44.0 Å². The van der Waals surface area contributed by atoms with E-state index in [-0.39, 0.29) is 11.9 Å². The van der Waals surface area contributed by atoms with Crippen molar-refractivity contribution < 1.29 is 9.13 Å². The van der Waals surface area contributed by atoms with Crippen LogP contribution in [0.15, 0.2) is 24.4 Å². The highest BCUT2D eigenvalue weighted by molar-refractivity contribution is 5.39. The maximum Gasteiger partial charge on any atom is 0.161 e. The molecule has 2 aromatic rings. The van der Waals surface area contributed by atoms with E-state index in [1.165, 1.54) is 12.1 Å². The van der Waals surface area contributed by atoms with Gasteiger partial charge in [-0.2, -0.15) is 5.10 Å². The van der Waals surface area contributed by atoms with Crippen LogP contribution in [0.3, 0.4) is 0 Å². The molecule has 0 radical (unpaired) electrons. The van der Waals surface area contributed by atoms with Gasteiger partial charge >= 0.3 is 0 Å². The number of benzene rings is 1. The number of halogens is 1. The molecule has 20 heavy (non-hydrogen) atoms. The maximum absolute atomic E-state index is 13.2. The van der Waals surface area contributed by atoms with E-state index in [9.17, 15) is 4.39 Å². The molecule has 2 N–H and O–H groups in total. The average Bonchev–Trinajstić information content (AvgIpc) is 2.81. The van der Waals surface area contributed by atoms with Gasteiger partial charge in [0.15, 0.2) is 5.75 Å². The minimum atomic E-state index is -0.407. The highest BCUT2D eigenvalue weighted by atomic mass is 19.1. The van der Waals surface area contributed by atoms with E-state index in [4.69, 9.17) is 10.5 Å². The van der Waals surface area contributed by atoms with Gasteiger partial charge in [-0.1, -0.05) is 6.07 Å². The molecule has 1 atom stereocenters. The fraction of sp³-hybridized carbons (Fsp3) is 0.400. The number of aryl methyl sites for hydroxylation is 1. The lowest BCUT2D eigenvalue weighted by Gasteiger charge is -2.19. The number of hydrogen-bond donors (Lipinski definition) is 1. The molecule has 2 rings (SSSR count). The first-order valence-electron chi connectivity index (χ1n) is 6.58. The van der Waals surface area contributed by atoms with E-state index < -0.39 is 6.04 Å². The Morgan fingerprint density at radius 1 is 1.35 bits per heavy atom. The molecule has 0 fully saturated rings. The first kappa shape index (κ1) is 14.5. The van der Waals surface area contributed by atoms with Crippen LogP contribution in [0.5, 0.6) is 5.75 Å². The summed E-state index contributed by atoms with van der Waals surface area (Å²) in [5.41, 5.74) is 8.85. The normalized spacial score (nSPS) is 12.8. The number of nitrogens with two attached hydrogens (primary N) is 1. The smallest absolute Gasteiger partial charge is 0.161 e. The Balaban J connectivity index is 2.52. The lowest BCUT2D eigenvalue weighted by Crippen LogP contribution is -2.20. The van der Waals surface area contributed by atoms with E-state index >= 15 is 0 Å². The monoisotopic (exact) mass is 277 g/mol. The van der Waals surface area contributed by atoms with E-state index in [0.29, 0.717) is 5.75 Å². The van der Waals surface area contributed by atoms with Gasteiger partial charge in [0.1, 0.15) is 11.5 Å². The van der Waals surface area contributed by atoms with Gasteiger partial charge in [-0.15, -0.1) is 0 Å². The lowest BCUT2D eigenvalue weighted by atomic mass is 9.98. The van der Waals surface area contributed by atoms with E-state index in [0.717, 1.165) is 16.8 Å². The number of ether oxygens (including phenoxy) is 1. The molecule has 5 heteroatoms. The van der Waals surface area contributed by atoms with Crippen LogP contribution in [0.2, 0.25) is 0 Å². The van der Waals surface area contributed by atoms with Gasteiger partial charge in [-0.3, -0.25) is 4.68 Å². The Bertz CT molecular complexity index is 607. The van der Waals surface area contributed by atoms with Gasteiger partial charge < -0.3 is 10.5 Å². The number of methoxy groups -OCH3 is 1. The summed E-state index contributed by atoms with van der Waals surface area (Å²) >= 11 is 0. The molecule has 0 saturated heterocycles. The average molecular weight is 277 g/mol. The summed E-state index contributed by atoms with van der Waals surface area (Å²) in [5.74, 6) is 0.387. The Kier molecular flexibility index (Phi) is 4.09. The third-order valence-corrected chi connectivity index (χ3v) is 3.37. The second-order valence-corrected chi connectivity index (χ2v) is 5.12. The highest BCUT2D eigenvalue weighted by Gasteiger charge is 2.23. The summed E-state index contributed by atoms with van der Waals surface area (Å²) < 4.78 is 20.4. The van der Waals surface area contributed by atoms with E-state index in [1.807, 2.05) is 25.5 Å². The standard InChI is InChI=1S/C15H20FN3O/c1-9(2)19-15(13(20-4)8-18-19)14(17)12-6-5-11(16)7-10(12)3/h5-9,14H,17H2,1-4H3. The van der Waals surface area contributed by atoms with Crippen LogP contribution < -0.4 is 10.5 Å². The third-order valence-electron chi connectivity index (χ3n) is 3.37. The molecule has 0 aliphatic heterocycles. The summed E-state index contributed by atoms with van der Waals surface area (Å²) in [6.07, 6.45) is 1.66. The van der Waals surface area contributed by atoms with Gasteiger partial charge in [0, 0.05) is 6.04 Å². The topological polar surface area (TPSA) is 53.1 Å². The van der Waals surface area contributed by atoms with Crippen LogP contribution in [-0.2, 0) is 0 Å². The minimum absolute atomic E-state index is 0.167. The molecule has 4 nitrogen and oxygen atoms in total. The third kappa shape index (κ3) is 2.54. The van der Waals surface area contributed by atoms with Crippen molar-refractivity contribution in [2.24, 2.45) is 5.73 Å². The molecule has 0 aliphatic carbocycles. The van der Waals surface area contributed by atoms with Crippen LogP contribution in [0.25, 0.3) is 0 Å². The molecule has 1 unspecified atom stereocenters. The molecule has 1 aromatic carbocycles. The zero-order chi connectivity index (χ0) is 14.9. The predicted molar refractivity (Wildman–Crippen MR) is 76.3 cm³/mol.